The number of nitrogens with one attached hydrogen (secondary N) is 1. The Bertz CT molecular complexity index is 658. The molecule has 1 heterocycles. The largest absolute Gasteiger partial charge is 0.474 e. The molecule has 0 bridgehead atoms. The third kappa shape index (κ3) is 2.31. The zero-order valence-corrected chi connectivity index (χ0v) is 8.47. The Hall–Kier alpha value is -2.63. The molecule has 1 aromatic carbocycles. The number of anilines is 1. The van der Waals surface area contributed by atoms with Crippen molar-refractivity contribution in [3.05, 3.63) is 40.8 Å². The zero-order valence-electron chi connectivity index (χ0n) is 8.47. The highest BCUT2D eigenvalue weighted by Crippen LogP contribution is 2.17. The lowest BCUT2D eigenvalue weighted by molar-refractivity contribution is -0.147. The van der Waals surface area contributed by atoms with Crippen LogP contribution in [0.5, 0.6) is 0 Å². The number of hydrogen-bond acceptors (Lipinski definition) is 4. The SMILES string of the molecule is O=C(O)C(=O)Nc1ccc2oc(=O)ccc2c1. The van der Waals surface area contributed by atoms with Gasteiger partial charge in [-0.1, -0.05) is 0 Å². The quantitative estimate of drug-likeness (QED) is 0.561. The van der Waals surface area contributed by atoms with Gasteiger partial charge in [0.1, 0.15) is 5.58 Å². The van der Waals surface area contributed by atoms with Crippen LogP contribution < -0.4 is 10.9 Å². The molecule has 2 rings (SSSR count). The molecule has 0 aliphatic carbocycles. The van der Waals surface area contributed by atoms with Crippen LogP contribution in [-0.2, 0) is 9.59 Å². The van der Waals surface area contributed by atoms with Crippen molar-refractivity contribution >= 4 is 28.5 Å². The Morgan fingerprint density at radius 3 is 2.65 bits per heavy atom. The molecule has 2 aromatic rings. The minimum atomic E-state index is -1.57. The van der Waals surface area contributed by atoms with Gasteiger partial charge in [-0.25, -0.2) is 9.59 Å². The first kappa shape index (κ1) is 10.9. The number of rotatable bonds is 1. The van der Waals surface area contributed by atoms with Gasteiger partial charge in [0.15, 0.2) is 0 Å². The normalized spacial score (nSPS) is 10.1. The highest BCUT2D eigenvalue weighted by molar-refractivity contribution is 6.36. The second-order valence-electron chi connectivity index (χ2n) is 3.27. The number of fused-ring (bicyclic) bond motifs is 1. The molecule has 17 heavy (non-hydrogen) atoms. The highest BCUT2D eigenvalue weighted by Gasteiger charge is 2.11. The van der Waals surface area contributed by atoms with Crippen LogP contribution in [0.4, 0.5) is 5.69 Å². The van der Waals surface area contributed by atoms with Crippen LogP contribution in [-0.4, -0.2) is 17.0 Å². The van der Waals surface area contributed by atoms with E-state index in [0.29, 0.717) is 16.7 Å². The number of amides is 1. The summed E-state index contributed by atoms with van der Waals surface area (Å²) in [5.74, 6) is -2.69. The van der Waals surface area contributed by atoms with Crippen LogP contribution in [0, 0.1) is 0 Å². The van der Waals surface area contributed by atoms with Crippen molar-refractivity contribution in [1.29, 1.82) is 0 Å². The zero-order chi connectivity index (χ0) is 12.4. The summed E-state index contributed by atoms with van der Waals surface area (Å²) in [5.41, 5.74) is 0.212. The van der Waals surface area contributed by atoms with Crippen LogP contribution in [0.1, 0.15) is 0 Å². The maximum Gasteiger partial charge on any atom is 0.394 e. The molecule has 0 fully saturated rings. The summed E-state index contributed by atoms with van der Waals surface area (Å²) < 4.78 is 4.88. The minimum Gasteiger partial charge on any atom is -0.474 e. The first-order valence-electron chi connectivity index (χ1n) is 4.64. The first-order valence-corrected chi connectivity index (χ1v) is 4.64. The standard InChI is InChI=1S/C11H7NO5/c13-9-4-1-6-5-7(2-3-8(6)17-9)12-10(14)11(15)16/h1-5H,(H,12,14)(H,15,16). The maximum atomic E-state index is 10.9. The molecule has 86 valence electrons. The molecular formula is C11H7NO5. The number of carbonyl (C=O) groups excluding carboxylic acids is 1. The van der Waals surface area contributed by atoms with Crippen LogP contribution in [0.2, 0.25) is 0 Å². The number of aliphatic carboxylic acids is 1. The molecule has 6 heteroatoms. The Balaban J connectivity index is 2.38. The van der Waals surface area contributed by atoms with Crippen molar-refractivity contribution in [2.45, 2.75) is 0 Å². The molecule has 0 aliphatic rings. The minimum absolute atomic E-state index is 0.318. The van der Waals surface area contributed by atoms with Crippen molar-refractivity contribution in [3.63, 3.8) is 0 Å². The average Bonchev–Trinajstić information content (AvgIpc) is 2.29. The lowest BCUT2D eigenvalue weighted by Gasteiger charge is -2.02. The van der Waals surface area contributed by atoms with Gasteiger partial charge in [-0.15, -0.1) is 0 Å². The molecule has 0 saturated carbocycles. The lowest BCUT2D eigenvalue weighted by atomic mass is 10.2. The van der Waals surface area contributed by atoms with E-state index in [4.69, 9.17) is 9.52 Å². The highest BCUT2D eigenvalue weighted by atomic mass is 16.4. The molecule has 1 aromatic heterocycles. The third-order valence-electron chi connectivity index (χ3n) is 2.07. The predicted molar refractivity (Wildman–Crippen MR) is 58.7 cm³/mol. The topological polar surface area (TPSA) is 96.6 Å². The predicted octanol–water partition coefficient (Wildman–Crippen LogP) is 0.816. The second-order valence-corrected chi connectivity index (χ2v) is 3.27. The second kappa shape index (κ2) is 4.09. The summed E-state index contributed by atoms with van der Waals surface area (Å²) >= 11 is 0. The molecule has 0 atom stereocenters. The maximum absolute atomic E-state index is 10.9. The van der Waals surface area contributed by atoms with Crippen molar-refractivity contribution in [1.82, 2.24) is 0 Å². The van der Waals surface area contributed by atoms with Crippen molar-refractivity contribution in [2.24, 2.45) is 0 Å². The van der Waals surface area contributed by atoms with Gasteiger partial charge in [-0.05, 0) is 24.3 Å². The van der Waals surface area contributed by atoms with Gasteiger partial charge in [0.2, 0.25) is 0 Å². The monoisotopic (exact) mass is 233 g/mol. The summed E-state index contributed by atoms with van der Waals surface area (Å²) in [6.07, 6.45) is 0. The fraction of sp³-hybridized carbons (Fsp3) is 0. The number of benzene rings is 1. The van der Waals surface area contributed by atoms with E-state index in [0.717, 1.165) is 0 Å². The molecule has 1 amide bonds. The summed E-state index contributed by atoms with van der Waals surface area (Å²) in [6, 6.07) is 7.21. The van der Waals surface area contributed by atoms with Crippen LogP contribution in [0.15, 0.2) is 39.5 Å². The van der Waals surface area contributed by atoms with Gasteiger partial charge in [-0.2, -0.15) is 0 Å². The van der Waals surface area contributed by atoms with Crippen LogP contribution in [0.25, 0.3) is 11.0 Å². The van der Waals surface area contributed by atoms with E-state index in [1.807, 2.05) is 0 Å². The Kier molecular flexibility index (Phi) is 2.61. The van der Waals surface area contributed by atoms with Crippen LogP contribution in [0.3, 0.4) is 0 Å². The smallest absolute Gasteiger partial charge is 0.394 e. The van der Waals surface area contributed by atoms with Gasteiger partial charge >= 0.3 is 17.5 Å². The average molecular weight is 233 g/mol. The van der Waals surface area contributed by atoms with E-state index < -0.39 is 17.5 Å². The van der Waals surface area contributed by atoms with Gasteiger partial charge in [0.25, 0.3) is 0 Å². The lowest BCUT2D eigenvalue weighted by Crippen LogP contribution is -2.21. The van der Waals surface area contributed by atoms with E-state index in [9.17, 15) is 14.4 Å². The number of carboxylic acids is 1. The van der Waals surface area contributed by atoms with E-state index in [1.54, 1.807) is 0 Å². The summed E-state index contributed by atoms with van der Waals surface area (Å²) in [5, 5.41) is 11.2. The molecule has 6 nitrogen and oxygen atoms in total. The van der Waals surface area contributed by atoms with Crippen molar-refractivity contribution in [2.75, 3.05) is 5.32 Å². The molecule has 0 spiro atoms. The Morgan fingerprint density at radius 2 is 1.94 bits per heavy atom. The van der Waals surface area contributed by atoms with Crippen molar-refractivity contribution < 1.29 is 19.1 Å². The van der Waals surface area contributed by atoms with Gasteiger partial charge in [0, 0.05) is 17.1 Å². The summed E-state index contributed by atoms with van der Waals surface area (Å²) in [4.78, 5) is 32.2. The van der Waals surface area contributed by atoms with E-state index in [2.05, 4.69) is 5.32 Å². The fourth-order valence-electron chi connectivity index (χ4n) is 1.33. The van der Waals surface area contributed by atoms with E-state index in [1.165, 1.54) is 30.3 Å². The molecule has 0 unspecified atom stereocenters. The summed E-state index contributed by atoms with van der Waals surface area (Å²) in [7, 11) is 0. The Labute approximate surface area is 94.5 Å². The summed E-state index contributed by atoms with van der Waals surface area (Å²) in [6.45, 7) is 0. The Morgan fingerprint density at radius 1 is 1.18 bits per heavy atom. The number of carboxylic acid groups (broad SMARTS) is 1. The third-order valence-corrected chi connectivity index (χ3v) is 2.07. The molecule has 0 aliphatic heterocycles. The molecule has 0 saturated heterocycles. The molecular weight excluding hydrogens is 226 g/mol. The van der Waals surface area contributed by atoms with Crippen LogP contribution >= 0.6 is 0 Å². The number of carbonyl (C=O) groups is 2. The van der Waals surface area contributed by atoms with E-state index >= 15 is 0 Å². The van der Waals surface area contributed by atoms with Gasteiger partial charge in [-0.3, -0.25) is 4.79 Å². The fourth-order valence-corrected chi connectivity index (χ4v) is 1.33. The van der Waals surface area contributed by atoms with E-state index in [-0.39, 0.29) is 0 Å². The van der Waals surface area contributed by atoms with Gasteiger partial charge in [0.05, 0.1) is 0 Å². The van der Waals surface area contributed by atoms with Gasteiger partial charge < -0.3 is 14.8 Å². The van der Waals surface area contributed by atoms with Crippen molar-refractivity contribution in [3.8, 4) is 0 Å². The molecule has 0 radical (unpaired) electrons. The molecule has 2 N–H and O–H groups in total. The first-order chi connectivity index (χ1) is 8.06. The number of hydrogen-bond donors (Lipinski definition) is 2.